The molecule has 0 aromatic heterocycles. The number of halogens is 1. The largest absolute Gasteiger partial charge is 0.481 e. The molecule has 0 spiro atoms. The molecule has 1 saturated heterocycles. The van der Waals surface area contributed by atoms with E-state index in [1.165, 1.54) is 18.3 Å². The number of hydrogen-bond donors (Lipinski definition) is 3. The normalized spacial score (nSPS) is 19.3. The van der Waals surface area contributed by atoms with Crippen LogP contribution in [0, 0.1) is 0 Å². The van der Waals surface area contributed by atoms with Gasteiger partial charge in [-0.3, -0.25) is 9.59 Å². The molecule has 1 aliphatic heterocycles. The van der Waals surface area contributed by atoms with Crippen molar-refractivity contribution < 1.29 is 24.6 Å². The summed E-state index contributed by atoms with van der Waals surface area (Å²) in [6.45, 7) is 0. The van der Waals surface area contributed by atoms with Gasteiger partial charge in [0, 0.05) is 10.0 Å². The van der Waals surface area contributed by atoms with Crippen LogP contribution < -0.4 is 5.32 Å². The molecule has 0 bridgehead atoms. The Hall–Kier alpha value is -2.20. The summed E-state index contributed by atoms with van der Waals surface area (Å²) in [6, 6.07) is 4.44. The number of rotatable bonds is 5. The van der Waals surface area contributed by atoms with Gasteiger partial charge in [-0.2, -0.15) is 5.10 Å². The molecule has 23 heavy (non-hydrogen) atoms. The zero-order valence-corrected chi connectivity index (χ0v) is 13.8. The van der Waals surface area contributed by atoms with Gasteiger partial charge in [0.05, 0.1) is 18.2 Å². The molecule has 8 nitrogen and oxygen atoms in total. The molecular formula is C13H10BrN3O5S. The van der Waals surface area contributed by atoms with Gasteiger partial charge in [0.25, 0.3) is 0 Å². The second-order valence-electron chi connectivity index (χ2n) is 4.38. The number of carboxylic acids is 2. The van der Waals surface area contributed by atoms with Crippen molar-refractivity contribution in [1.82, 2.24) is 5.32 Å². The Bertz CT molecular complexity index is 734. The van der Waals surface area contributed by atoms with Crippen LogP contribution in [0.2, 0.25) is 0 Å². The quantitative estimate of drug-likeness (QED) is 0.508. The lowest BCUT2D eigenvalue weighted by Crippen LogP contribution is -2.26. The molecule has 1 aliphatic rings. The van der Waals surface area contributed by atoms with E-state index in [9.17, 15) is 14.4 Å². The van der Waals surface area contributed by atoms with Crippen LogP contribution in [0.3, 0.4) is 0 Å². The van der Waals surface area contributed by atoms with Gasteiger partial charge in [-0.05, 0) is 18.2 Å². The van der Waals surface area contributed by atoms with Gasteiger partial charge < -0.3 is 15.5 Å². The number of amides is 1. The summed E-state index contributed by atoms with van der Waals surface area (Å²) in [6.07, 6.45) is 1.03. The van der Waals surface area contributed by atoms with E-state index in [1.54, 1.807) is 6.07 Å². The summed E-state index contributed by atoms with van der Waals surface area (Å²) in [5, 5.41) is 27.1. The van der Waals surface area contributed by atoms with Gasteiger partial charge >= 0.3 is 11.9 Å². The molecule has 1 heterocycles. The number of thioether (sulfide) groups is 1. The average molecular weight is 400 g/mol. The molecule has 120 valence electrons. The first-order chi connectivity index (χ1) is 10.9. The molecule has 0 saturated carbocycles. The number of nitrogens with zero attached hydrogens (tertiary/aromatic N) is 2. The van der Waals surface area contributed by atoms with E-state index < -0.39 is 23.1 Å². The molecule has 1 atom stereocenters. The highest BCUT2D eigenvalue weighted by molar-refractivity contribution is 9.10. The van der Waals surface area contributed by atoms with Crippen molar-refractivity contribution in [3.63, 3.8) is 0 Å². The van der Waals surface area contributed by atoms with Gasteiger partial charge in [-0.1, -0.05) is 27.7 Å². The number of hydrogen-bond acceptors (Lipinski definition) is 6. The molecule has 1 aromatic rings. The summed E-state index contributed by atoms with van der Waals surface area (Å²) < 4.78 is 0.637. The standard InChI is InChI=1S/C13H10BrN3O5S/c14-8-2-1-6(12(21)22)3-7(8)5-15-17-13-16-11(20)9(23-13)4-10(18)19/h1-3,5,9H,4H2,(H,18,19)(H,21,22)(H,16,17,20). The van der Waals surface area contributed by atoms with E-state index in [2.05, 4.69) is 31.4 Å². The fourth-order valence-corrected chi connectivity index (χ4v) is 2.93. The number of carbonyl (C=O) groups excluding carboxylic acids is 1. The van der Waals surface area contributed by atoms with Crippen molar-refractivity contribution in [2.75, 3.05) is 0 Å². The molecule has 0 radical (unpaired) electrons. The van der Waals surface area contributed by atoms with Crippen LogP contribution in [-0.4, -0.2) is 44.7 Å². The second-order valence-corrected chi connectivity index (χ2v) is 6.43. The smallest absolute Gasteiger partial charge is 0.335 e. The number of amidine groups is 1. The van der Waals surface area contributed by atoms with Gasteiger partial charge in [0.15, 0.2) is 5.17 Å². The first-order valence-electron chi connectivity index (χ1n) is 6.20. The Morgan fingerprint density at radius 3 is 2.78 bits per heavy atom. The van der Waals surface area contributed by atoms with Crippen LogP contribution in [-0.2, 0) is 9.59 Å². The summed E-state index contributed by atoms with van der Waals surface area (Å²) in [5.74, 6) is -2.56. The maximum absolute atomic E-state index is 11.5. The van der Waals surface area contributed by atoms with Crippen molar-refractivity contribution in [3.8, 4) is 0 Å². The Kier molecular flexibility index (Phi) is 5.50. The van der Waals surface area contributed by atoms with Crippen molar-refractivity contribution in [1.29, 1.82) is 0 Å². The highest BCUT2D eigenvalue weighted by Crippen LogP contribution is 2.22. The van der Waals surface area contributed by atoms with Gasteiger partial charge in [0.1, 0.15) is 5.25 Å². The van der Waals surface area contributed by atoms with Gasteiger partial charge in [0.2, 0.25) is 5.91 Å². The van der Waals surface area contributed by atoms with E-state index in [0.29, 0.717) is 10.0 Å². The first kappa shape index (κ1) is 17.2. The minimum Gasteiger partial charge on any atom is -0.481 e. The second kappa shape index (κ2) is 7.38. The van der Waals surface area contributed by atoms with Crippen LogP contribution in [0.4, 0.5) is 0 Å². The maximum atomic E-state index is 11.5. The molecule has 2 rings (SSSR count). The van der Waals surface area contributed by atoms with Crippen molar-refractivity contribution in [2.24, 2.45) is 10.2 Å². The molecular weight excluding hydrogens is 390 g/mol. The highest BCUT2D eigenvalue weighted by atomic mass is 79.9. The van der Waals surface area contributed by atoms with Gasteiger partial charge in [-0.15, -0.1) is 5.10 Å². The molecule has 1 unspecified atom stereocenters. The lowest BCUT2D eigenvalue weighted by molar-refractivity contribution is -0.138. The lowest BCUT2D eigenvalue weighted by Gasteiger charge is -1.99. The molecule has 1 amide bonds. The number of carbonyl (C=O) groups is 3. The monoisotopic (exact) mass is 399 g/mol. The number of carboxylic acid groups (broad SMARTS) is 2. The molecule has 1 aromatic carbocycles. The summed E-state index contributed by atoms with van der Waals surface area (Å²) >= 11 is 4.25. The number of benzene rings is 1. The average Bonchev–Trinajstić information content (AvgIpc) is 2.80. The van der Waals surface area contributed by atoms with Crippen LogP contribution in [0.5, 0.6) is 0 Å². The minimum absolute atomic E-state index is 0.104. The van der Waals surface area contributed by atoms with E-state index in [1.807, 2.05) is 0 Å². The Morgan fingerprint density at radius 1 is 1.39 bits per heavy atom. The van der Waals surface area contributed by atoms with Crippen LogP contribution in [0.15, 0.2) is 32.9 Å². The lowest BCUT2D eigenvalue weighted by atomic mass is 10.1. The Labute approximate surface area is 142 Å². The fourth-order valence-electron chi connectivity index (χ4n) is 1.66. The topological polar surface area (TPSA) is 128 Å². The van der Waals surface area contributed by atoms with Crippen LogP contribution in [0.25, 0.3) is 0 Å². The van der Waals surface area contributed by atoms with E-state index in [4.69, 9.17) is 10.2 Å². The van der Waals surface area contributed by atoms with E-state index >= 15 is 0 Å². The van der Waals surface area contributed by atoms with Crippen LogP contribution in [0.1, 0.15) is 22.3 Å². The third-order valence-corrected chi connectivity index (χ3v) is 4.52. The fraction of sp³-hybridized carbons (Fsp3) is 0.154. The predicted octanol–water partition coefficient (Wildman–Crippen LogP) is 1.54. The Balaban J connectivity index is 2.10. The molecule has 1 fully saturated rings. The summed E-state index contributed by atoms with van der Waals surface area (Å²) in [4.78, 5) is 33.1. The van der Waals surface area contributed by atoms with Gasteiger partial charge in [-0.25, -0.2) is 4.79 Å². The minimum atomic E-state index is -1.07. The van der Waals surface area contributed by atoms with E-state index in [0.717, 1.165) is 11.8 Å². The number of aliphatic carboxylic acids is 1. The maximum Gasteiger partial charge on any atom is 0.335 e. The summed E-state index contributed by atoms with van der Waals surface area (Å²) in [7, 11) is 0. The third kappa shape index (κ3) is 4.63. The van der Waals surface area contributed by atoms with Crippen molar-refractivity contribution in [3.05, 3.63) is 33.8 Å². The molecule has 10 heteroatoms. The molecule has 0 aliphatic carbocycles. The highest BCUT2D eigenvalue weighted by Gasteiger charge is 2.32. The summed E-state index contributed by atoms with van der Waals surface area (Å²) in [5.41, 5.74) is 0.609. The van der Waals surface area contributed by atoms with Crippen molar-refractivity contribution in [2.45, 2.75) is 11.7 Å². The Morgan fingerprint density at radius 2 is 2.13 bits per heavy atom. The number of nitrogens with one attached hydrogen (secondary N) is 1. The SMILES string of the molecule is O=C(O)CC1SC(=NN=Cc2cc(C(=O)O)ccc2Br)NC1=O. The van der Waals surface area contributed by atoms with Crippen molar-refractivity contribution >= 4 is 56.9 Å². The van der Waals surface area contributed by atoms with E-state index in [-0.39, 0.29) is 17.2 Å². The first-order valence-corrected chi connectivity index (χ1v) is 7.87. The zero-order chi connectivity index (χ0) is 17.0. The number of aromatic carboxylic acids is 1. The zero-order valence-electron chi connectivity index (χ0n) is 11.4. The predicted molar refractivity (Wildman–Crippen MR) is 87.9 cm³/mol. The van der Waals surface area contributed by atoms with Crippen LogP contribution >= 0.6 is 27.7 Å². The molecule has 3 N–H and O–H groups in total. The third-order valence-electron chi connectivity index (χ3n) is 2.72.